The molecule has 0 aliphatic carbocycles. The molecular formula is C12H20N4O3S. The van der Waals surface area contributed by atoms with Crippen LogP contribution in [0.2, 0.25) is 0 Å². The van der Waals surface area contributed by atoms with Crippen LogP contribution < -0.4 is 5.32 Å². The lowest BCUT2D eigenvalue weighted by Gasteiger charge is -2.30. The molecular weight excluding hydrogens is 280 g/mol. The predicted molar refractivity (Wildman–Crippen MR) is 75.0 cm³/mol. The van der Waals surface area contributed by atoms with E-state index >= 15 is 0 Å². The van der Waals surface area contributed by atoms with Crippen molar-refractivity contribution in [1.29, 1.82) is 0 Å². The number of piperidine rings is 1. The molecule has 2 heterocycles. The van der Waals surface area contributed by atoms with E-state index < -0.39 is 10.0 Å². The molecule has 1 aromatic heterocycles. The van der Waals surface area contributed by atoms with E-state index in [0.29, 0.717) is 25.6 Å². The minimum atomic E-state index is -3.50. The Morgan fingerprint density at radius 3 is 2.45 bits per heavy atom. The van der Waals surface area contributed by atoms with Gasteiger partial charge in [-0.3, -0.25) is 0 Å². The maximum absolute atomic E-state index is 12.4. The van der Waals surface area contributed by atoms with Gasteiger partial charge in [0.05, 0.1) is 18.5 Å². The summed E-state index contributed by atoms with van der Waals surface area (Å²) in [5.74, 6) is 0.402. The van der Waals surface area contributed by atoms with Crippen molar-refractivity contribution in [2.75, 3.05) is 32.1 Å². The van der Waals surface area contributed by atoms with Gasteiger partial charge in [-0.15, -0.1) is 0 Å². The van der Waals surface area contributed by atoms with E-state index in [9.17, 15) is 8.42 Å². The van der Waals surface area contributed by atoms with E-state index in [1.807, 2.05) is 6.92 Å². The van der Waals surface area contributed by atoms with Crippen molar-refractivity contribution in [1.82, 2.24) is 14.3 Å². The fourth-order valence-corrected chi connectivity index (χ4v) is 3.56. The molecule has 0 spiro atoms. The second kappa shape index (κ2) is 6.47. The van der Waals surface area contributed by atoms with Crippen LogP contribution in [0, 0.1) is 0 Å². The van der Waals surface area contributed by atoms with E-state index in [1.54, 1.807) is 7.05 Å². The Kier molecular flexibility index (Phi) is 4.90. The van der Waals surface area contributed by atoms with E-state index in [1.165, 1.54) is 16.7 Å². The number of ether oxygens (including phenoxy) is 1. The van der Waals surface area contributed by atoms with E-state index in [2.05, 4.69) is 15.3 Å². The molecule has 0 unspecified atom stereocenters. The maximum atomic E-state index is 12.4. The van der Waals surface area contributed by atoms with Crippen LogP contribution in [-0.2, 0) is 14.8 Å². The fourth-order valence-electron chi connectivity index (χ4n) is 2.20. The number of hydrogen-bond donors (Lipinski definition) is 1. The van der Waals surface area contributed by atoms with Gasteiger partial charge in [0.15, 0.2) is 0 Å². The monoisotopic (exact) mass is 300 g/mol. The van der Waals surface area contributed by atoms with Crippen LogP contribution in [0.5, 0.6) is 0 Å². The molecule has 1 fully saturated rings. The zero-order valence-corrected chi connectivity index (χ0v) is 12.6. The summed E-state index contributed by atoms with van der Waals surface area (Å²) in [4.78, 5) is 8.03. The van der Waals surface area contributed by atoms with Crippen LogP contribution in [0.15, 0.2) is 17.3 Å². The van der Waals surface area contributed by atoms with Gasteiger partial charge in [0.2, 0.25) is 16.0 Å². The highest BCUT2D eigenvalue weighted by atomic mass is 32.2. The van der Waals surface area contributed by atoms with Gasteiger partial charge in [-0.25, -0.2) is 18.4 Å². The second-order valence-corrected chi connectivity index (χ2v) is 6.49. The third-order valence-electron chi connectivity index (χ3n) is 3.29. The first-order valence-electron chi connectivity index (χ1n) is 6.69. The molecule has 1 aliphatic rings. The normalized spacial score (nSPS) is 18.1. The molecule has 1 N–H and O–H groups in total. The molecule has 8 heteroatoms. The summed E-state index contributed by atoms with van der Waals surface area (Å²) < 4.78 is 31.9. The van der Waals surface area contributed by atoms with Crippen molar-refractivity contribution >= 4 is 16.0 Å². The Labute approximate surface area is 119 Å². The van der Waals surface area contributed by atoms with Crippen LogP contribution in [0.3, 0.4) is 0 Å². The summed E-state index contributed by atoms with van der Waals surface area (Å²) in [6.45, 7) is 3.56. The quantitative estimate of drug-likeness (QED) is 0.862. The number of rotatable bonds is 5. The largest absolute Gasteiger partial charge is 0.378 e. The van der Waals surface area contributed by atoms with Gasteiger partial charge in [0, 0.05) is 26.7 Å². The zero-order valence-electron chi connectivity index (χ0n) is 11.7. The number of aromatic nitrogens is 2. The molecule has 0 atom stereocenters. The summed E-state index contributed by atoms with van der Waals surface area (Å²) in [5, 5.41) is 2.76. The maximum Gasteiger partial charge on any atom is 0.246 e. The van der Waals surface area contributed by atoms with Crippen LogP contribution in [0.25, 0.3) is 0 Å². The minimum absolute atomic E-state index is 0.131. The van der Waals surface area contributed by atoms with E-state index in [-0.39, 0.29) is 11.0 Å². The first-order chi connectivity index (χ1) is 9.57. The molecule has 2 rings (SSSR count). The highest BCUT2D eigenvalue weighted by Crippen LogP contribution is 2.21. The summed E-state index contributed by atoms with van der Waals surface area (Å²) >= 11 is 0. The fraction of sp³-hybridized carbons (Fsp3) is 0.667. The molecule has 0 radical (unpaired) electrons. The first-order valence-corrected chi connectivity index (χ1v) is 8.13. The van der Waals surface area contributed by atoms with Gasteiger partial charge in [-0.2, -0.15) is 4.31 Å². The highest BCUT2D eigenvalue weighted by molar-refractivity contribution is 7.89. The second-order valence-electron chi connectivity index (χ2n) is 4.55. The number of anilines is 1. The summed E-state index contributed by atoms with van der Waals surface area (Å²) in [6, 6.07) is 0. The Morgan fingerprint density at radius 2 is 1.95 bits per heavy atom. The van der Waals surface area contributed by atoms with Crippen molar-refractivity contribution in [3.8, 4) is 0 Å². The third kappa shape index (κ3) is 3.25. The van der Waals surface area contributed by atoms with Gasteiger partial charge in [0.25, 0.3) is 0 Å². The van der Waals surface area contributed by atoms with Gasteiger partial charge < -0.3 is 10.1 Å². The topological polar surface area (TPSA) is 84.4 Å². The molecule has 0 saturated carbocycles. The standard InChI is InChI=1S/C12H20N4O3S/c1-3-19-10-4-6-16(7-5-10)20(17,18)11-8-14-12(13-2)15-9-11/h8-10H,3-7H2,1-2H3,(H,13,14,15). The molecule has 20 heavy (non-hydrogen) atoms. The van der Waals surface area contributed by atoms with E-state index in [4.69, 9.17) is 4.74 Å². The summed E-state index contributed by atoms with van der Waals surface area (Å²) in [5.41, 5.74) is 0. The van der Waals surface area contributed by atoms with Crippen molar-refractivity contribution in [3.05, 3.63) is 12.4 Å². The Morgan fingerprint density at radius 1 is 1.35 bits per heavy atom. The average molecular weight is 300 g/mol. The van der Waals surface area contributed by atoms with Gasteiger partial charge in [-0.1, -0.05) is 0 Å². The molecule has 0 bridgehead atoms. The van der Waals surface area contributed by atoms with E-state index in [0.717, 1.165) is 12.8 Å². The SMILES string of the molecule is CCOC1CCN(S(=O)(=O)c2cnc(NC)nc2)CC1. The van der Waals surface area contributed by atoms with Gasteiger partial charge in [-0.05, 0) is 19.8 Å². The van der Waals surface area contributed by atoms with Gasteiger partial charge in [0.1, 0.15) is 4.90 Å². The molecule has 112 valence electrons. The zero-order chi connectivity index (χ0) is 14.6. The Bertz CT molecular complexity index is 524. The lowest BCUT2D eigenvalue weighted by molar-refractivity contribution is 0.0290. The Balaban J connectivity index is 2.07. The van der Waals surface area contributed by atoms with Gasteiger partial charge >= 0.3 is 0 Å². The Hall–Kier alpha value is -1.25. The molecule has 1 aromatic rings. The van der Waals surface area contributed by atoms with Crippen LogP contribution in [0.4, 0.5) is 5.95 Å². The molecule has 1 saturated heterocycles. The molecule has 0 aromatic carbocycles. The highest BCUT2D eigenvalue weighted by Gasteiger charge is 2.30. The van der Waals surface area contributed by atoms with Crippen LogP contribution in [0.1, 0.15) is 19.8 Å². The summed E-state index contributed by atoms with van der Waals surface area (Å²) in [6.07, 6.45) is 4.28. The number of nitrogens with zero attached hydrogens (tertiary/aromatic N) is 3. The summed E-state index contributed by atoms with van der Waals surface area (Å²) in [7, 11) is -1.82. The minimum Gasteiger partial charge on any atom is -0.378 e. The smallest absolute Gasteiger partial charge is 0.246 e. The average Bonchev–Trinajstić information content (AvgIpc) is 2.48. The third-order valence-corrected chi connectivity index (χ3v) is 5.14. The number of hydrogen-bond acceptors (Lipinski definition) is 6. The molecule has 7 nitrogen and oxygen atoms in total. The predicted octanol–water partition coefficient (Wildman–Crippen LogP) is 0.708. The number of nitrogens with one attached hydrogen (secondary N) is 1. The lowest BCUT2D eigenvalue weighted by Crippen LogP contribution is -2.40. The van der Waals surface area contributed by atoms with Crippen LogP contribution in [-0.4, -0.2) is 55.5 Å². The van der Waals surface area contributed by atoms with Crippen LogP contribution >= 0.6 is 0 Å². The van der Waals surface area contributed by atoms with Crippen molar-refractivity contribution in [2.45, 2.75) is 30.8 Å². The first kappa shape index (κ1) is 15.1. The van der Waals surface area contributed by atoms with Crippen molar-refractivity contribution in [2.24, 2.45) is 0 Å². The lowest BCUT2D eigenvalue weighted by atomic mass is 10.1. The number of sulfonamides is 1. The molecule has 0 amide bonds. The molecule has 1 aliphatic heterocycles. The van der Waals surface area contributed by atoms with Crippen molar-refractivity contribution in [3.63, 3.8) is 0 Å². The van der Waals surface area contributed by atoms with Crippen molar-refractivity contribution < 1.29 is 13.2 Å².